The van der Waals surface area contributed by atoms with E-state index in [1.807, 2.05) is 0 Å². The van der Waals surface area contributed by atoms with Crippen molar-refractivity contribution in [1.82, 2.24) is 5.32 Å². The molecule has 0 saturated carbocycles. The maximum atomic E-state index is 3.65. The van der Waals surface area contributed by atoms with E-state index in [1.54, 1.807) is 0 Å². The molecule has 17 heavy (non-hydrogen) atoms. The van der Waals surface area contributed by atoms with Gasteiger partial charge in [-0.05, 0) is 47.2 Å². The molecular formula is C13H18INS2. The van der Waals surface area contributed by atoms with Gasteiger partial charge >= 0.3 is 0 Å². The minimum Gasteiger partial charge on any atom is -0.309 e. The van der Waals surface area contributed by atoms with Crippen LogP contribution >= 0.6 is 46.1 Å². The number of rotatable bonds is 4. The van der Waals surface area contributed by atoms with Gasteiger partial charge in [0.2, 0.25) is 0 Å². The van der Waals surface area contributed by atoms with Gasteiger partial charge in [0.25, 0.3) is 0 Å². The quantitative estimate of drug-likeness (QED) is 0.800. The summed E-state index contributed by atoms with van der Waals surface area (Å²) in [6, 6.07) is 9.27. The molecule has 94 valence electrons. The molecule has 1 saturated heterocycles. The first-order chi connectivity index (χ1) is 8.25. The van der Waals surface area contributed by atoms with Crippen molar-refractivity contribution < 1.29 is 0 Å². The summed E-state index contributed by atoms with van der Waals surface area (Å²) in [4.78, 5) is 0. The van der Waals surface area contributed by atoms with Crippen molar-refractivity contribution in [3.05, 3.63) is 33.4 Å². The lowest BCUT2D eigenvalue weighted by Gasteiger charge is -2.23. The Kier molecular flexibility index (Phi) is 5.99. The largest absolute Gasteiger partial charge is 0.309 e. The summed E-state index contributed by atoms with van der Waals surface area (Å²) in [7, 11) is 0. The second kappa shape index (κ2) is 7.26. The predicted molar refractivity (Wildman–Crippen MR) is 89.1 cm³/mol. The van der Waals surface area contributed by atoms with Gasteiger partial charge < -0.3 is 5.32 Å². The van der Waals surface area contributed by atoms with Crippen molar-refractivity contribution in [2.75, 3.05) is 23.8 Å². The summed E-state index contributed by atoms with van der Waals surface area (Å²) in [5, 5.41) is 4.44. The molecule has 1 aliphatic heterocycles. The molecule has 1 fully saturated rings. The minimum atomic E-state index is 0.458. The van der Waals surface area contributed by atoms with Crippen LogP contribution in [0.1, 0.15) is 18.5 Å². The molecule has 0 spiro atoms. The number of halogens is 1. The zero-order chi connectivity index (χ0) is 12.1. The molecule has 0 radical (unpaired) electrons. The fraction of sp³-hybridized carbons (Fsp3) is 0.538. The minimum absolute atomic E-state index is 0.458. The fourth-order valence-corrected chi connectivity index (χ4v) is 4.82. The normalized spacial score (nSPS) is 22.4. The van der Waals surface area contributed by atoms with Crippen LogP contribution in [0.2, 0.25) is 0 Å². The molecule has 1 N–H and O–H groups in total. The second-order valence-corrected chi connectivity index (χ2v) is 8.05. The summed E-state index contributed by atoms with van der Waals surface area (Å²) in [5.74, 6) is 3.94. The van der Waals surface area contributed by atoms with Crippen molar-refractivity contribution in [3.8, 4) is 0 Å². The molecular weight excluding hydrogens is 361 g/mol. The summed E-state index contributed by atoms with van der Waals surface area (Å²) >= 11 is 6.56. The highest BCUT2D eigenvalue weighted by Crippen LogP contribution is 2.24. The van der Waals surface area contributed by atoms with Crippen LogP contribution < -0.4 is 5.32 Å². The van der Waals surface area contributed by atoms with E-state index in [0.29, 0.717) is 6.04 Å². The number of thioether (sulfide) groups is 2. The highest BCUT2D eigenvalue weighted by atomic mass is 127. The van der Waals surface area contributed by atoms with E-state index in [2.05, 4.69) is 82.6 Å². The Balaban J connectivity index is 1.80. The van der Waals surface area contributed by atoms with Crippen LogP contribution in [0.3, 0.4) is 0 Å². The molecule has 2 atom stereocenters. The Bertz CT molecular complexity index is 336. The van der Waals surface area contributed by atoms with Crippen molar-refractivity contribution in [2.24, 2.45) is 0 Å². The van der Waals surface area contributed by atoms with E-state index in [0.717, 1.165) is 11.8 Å². The van der Waals surface area contributed by atoms with Crippen molar-refractivity contribution in [1.29, 1.82) is 0 Å². The monoisotopic (exact) mass is 379 g/mol. The molecule has 1 aliphatic rings. The van der Waals surface area contributed by atoms with Gasteiger partial charge in [0.05, 0.1) is 0 Å². The van der Waals surface area contributed by atoms with E-state index in [4.69, 9.17) is 0 Å². The van der Waals surface area contributed by atoms with Crippen LogP contribution in [0.15, 0.2) is 24.3 Å². The Morgan fingerprint density at radius 2 is 2.12 bits per heavy atom. The third-order valence-electron chi connectivity index (χ3n) is 2.91. The van der Waals surface area contributed by atoms with Gasteiger partial charge in [-0.1, -0.05) is 12.1 Å². The van der Waals surface area contributed by atoms with E-state index in [9.17, 15) is 0 Å². The Morgan fingerprint density at radius 1 is 1.35 bits per heavy atom. The maximum absolute atomic E-state index is 3.65. The summed E-state index contributed by atoms with van der Waals surface area (Å²) in [6.45, 7) is 3.38. The molecule has 2 rings (SSSR count). The molecule has 1 nitrogen and oxygen atoms in total. The van der Waals surface area contributed by atoms with Gasteiger partial charge in [-0.2, -0.15) is 23.5 Å². The lowest BCUT2D eigenvalue weighted by molar-refractivity contribution is 0.577. The van der Waals surface area contributed by atoms with Gasteiger partial charge in [0.15, 0.2) is 0 Å². The molecule has 0 amide bonds. The predicted octanol–water partition coefficient (Wildman–Crippen LogP) is 3.79. The van der Waals surface area contributed by atoms with E-state index in [-0.39, 0.29) is 0 Å². The van der Waals surface area contributed by atoms with Crippen LogP contribution in [0, 0.1) is 3.57 Å². The Hall–Kier alpha value is 0.610. The highest BCUT2D eigenvalue weighted by molar-refractivity contribution is 14.1. The Labute approximate surface area is 126 Å². The number of hydrogen-bond donors (Lipinski definition) is 1. The molecule has 1 aromatic rings. The van der Waals surface area contributed by atoms with Gasteiger partial charge in [-0.25, -0.2) is 0 Å². The summed E-state index contributed by atoms with van der Waals surface area (Å²) in [5.41, 5.74) is 1.39. The van der Waals surface area contributed by atoms with E-state index in [1.165, 1.54) is 26.4 Å². The second-order valence-electron chi connectivity index (χ2n) is 4.25. The van der Waals surface area contributed by atoms with Crippen molar-refractivity contribution in [3.63, 3.8) is 0 Å². The molecule has 4 heteroatoms. The molecule has 2 unspecified atom stereocenters. The van der Waals surface area contributed by atoms with Gasteiger partial charge in [-0.3, -0.25) is 0 Å². The number of benzene rings is 1. The third-order valence-corrected chi connectivity index (χ3v) is 6.47. The molecule has 1 heterocycles. The molecule has 1 aromatic carbocycles. The first-order valence-corrected chi connectivity index (χ1v) is 9.22. The average molecular weight is 379 g/mol. The SMILES string of the molecule is CC(NCC1CSCCS1)c1ccc(I)cc1. The number of nitrogens with one attached hydrogen (secondary N) is 1. The molecule has 0 bridgehead atoms. The smallest absolute Gasteiger partial charge is 0.0292 e. The van der Waals surface area contributed by atoms with Crippen LogP contribution in [0.5, 0.6) is 0 Å². The Morgan fingerprint density at radius 3 is 2.76 bits per heavy atom. The number of hydrogen-bond acceptors (Lipinski definition) is 3. The average Bonchev–Trinajstić information content (AvgIpc) is 2.38. The summed E-state index contributed by atoms with van der Waals surface area (Å²) < 4.78 is 1.30. The molecule has 0 aromatic heterocycles. The van der Waals surface area contributed by atoms with Crippen LogP contribution in [-0.2, 0) is 0 Å². The van der Waals surface area contributed by atoms with Crippen LogP contribution in [0.4, 0.5) is 0 Å². The van der Waals surface area contributed by atoms with Gasteiger partial charge in [0, 0.05) is 38.7 Å². The first kappa shape index (κ1) is 14.0. The fourth-order valence-electron chi connectivity index (χ4n) is 1.83. The van der Waals surface area contributed by atoms with E-state index < -0.39 is 0 Å². The first-order valence-electron chi connectivity index (χ1n) is 5.94. The lowest BCUT2D eigenvalue weighted by Crippen LogP contribution is -2.30. The van der Waals surface area contributed by atoms with Crippen LogP contribution in [-0.4, -0.2) is 29.1 Å². The standard InChI is InChI=1S/C13H18INS2/c1-10(11-2-4-12(14)5-3-11)15-8-13-9-16-6-7-17-13/h2-5,10,13,15H,6-9H2,1H3. The zero-order valence-corrected chi connectivity index (χ0v) is 13.8. The lowest BCUT2D eigenvalue weighted by atomic mass is 10.1. The topological polar surface area (TPSA) is 12.0 Å². The highest BCUT2D eigenvalue weighted by Gasteiger charge is 2.15. The van der Waals surface area contributed by atoms with Crippen LogP contribution in [0.25, 0.3) is 0 Å². The zero-order valence-electron chi connectivity index (χ0n) is 9.99. The van der Waals surface area contributed by atoms with Crippen molar-refractivity contribution in [2.45, 2.75) is 18.2 Å². The van der Waals surface area contributed by atoms with Gasteiger partial charge in [0.1, 0.15) is 0 Å². The van der Waals surface area contributed by atoms with Gasteiger partial charge in [-0.15, -0.1) is 0 Å². The molecule has 0 aliphatic carbocycles. The van der Waals surface area contributed by atoms with E-state index >= 15 is 0 Å². The maximum Gasteiger partial charge on any atom is 0.0292 e. The van der Waals surface area contributed by atoms with Crippen molar-refractivity contribution >= 4 is 46.1 Å². The third kappa shape index (κ3) is 4.65. The summed E-state index contributed by atoms with van der Waals surface area (Å²) in [6.07, 6.45) is 0.